The van der Waals surface area contributed by atoms with Crippen LogP contribution in [0.4, 0.5) is 17.5 Å². The quantitative estimate of drug-likeness (QED) is 0.748. The van der Waals surface area contributed by atoms with Crippen molar-refractivity contribution < 1.29 is 4.74 Å². The van der Waals surface area contributed by atoms with Crippen LogP contribution in [0.15, 0.2) is 23.3 Å². The first-order valence-corrected chi connectivity index (χ1v) is 9.32. The number of aromatic nitrogens is 4. The normalized spacial score (nSPS) is 18.1. The molecule has 4 heterocycles. The van der Waals surface area contributed by atoms with Crippen molar-refractivity contribution in [3.63, 3.8) is 0 Å². The van der Waals surface area contributed by atoms with Gasteiger partial charge in [0.05, 0.1) is 13.2 Å². The highest BCUT2D eigenvalue weighted by Gasteiger charge is 2.23. The van der Waals surface area contributed by atoms with Gasteiger partial charge in [-0.05, 0) is 6.92 Å². The first kappa shape index (κ1) is 17.7. The summed E-state index contributed by atoms with van der Waals surface area (Å²) >= 11 is 0. The van der Waals surface area contributed by atoms with E-state index in [1.54, 1.807) is 24.0 Å². The highest BCUT2D eigenvalue weighted by molar-refractivity contribution is 5.52. The molecule has 0 saturated carbocycles. The monoisotopic (exact) mass is 371 g/mol. The fourth-order valence-electron chi connectivity index (χ4n) is 3.50. The van der Waals surface area contributed by atoms with Crippen LogP contribution in [0.2, 0.25) is 0 Å². The molecule has 27 heavy (non-hydrogen) atoms. The van der Waals surface area contributed by atoms with Crippen molar-refractivity contribution in [1.29, 1.82) is 0 Å². The van der Waals surface area contributed by atoms with Crippen molar-refractivity contribution in [3.8, 4) is 0 Å². The SMILES string of the molecule is Cc1nc(N2CCOCC2)cc(N2CCN(c3nccn(C)c3=O)CC2)n1. The van der Waals surface area contributed by atoms with Crippen molar-refractivity contribution in [1.82, 2.24) is 19.5 Å². The Morgan fingerprint density at radius 3 is 2.19 bits per heavy atom. The van der Waals surface area contributed by atoms with Crippen LogP contribution in [0.1, 0.15) is 5.82 Å². The predicted octanol–water partition coefficient (Wildman–Crippen LogP) is 0.0419. The third kappa shape index (κ3) is 3.73. The first-order chi connectivity index (χ1) is 13.1. The molecule has 0 aromatic carbocycles. The van der Waals surface area contributed by atoms with E-state index in [4.69, 9.17) is 4.74 Å². The molecule has 2 aliphatic heterocycles. The predicted molar refractivity (Wildman–Crippen MR) is 104 cm³/mol. The number of hydrogen-bond acceptors (Lipinski definition) is 8. The van der Waals surface area contributed by atoms with Gasteiger partial charge in [0.2, 0.25) is 0 Å². The Hall–Kier alpha value is -2.68. The number of anilines is 3. The van der Waals surface area contributed by atoms with Gasteiger partial charge in [0.1, 0.15) is 17.5 Å². The van der Waals surface area contributed by atoms with Crippen LogP contribution >= 0.6 is 0 Å². The lowest BCUT2D eigenvalue weighted by atomic mass is 10.3. The van der Waals surface area contributed by atoms with Crippen molar-refractivity contribution in [2.75, 3.05) is 67.2 Å². The van der Waals surface area contributed by atoms with Gasteiger partial charge in [-0.15, -0.1) is 0 Å². The number of ether oxygens (including phenoxy) is 1. The lowest BCUT2D eigenvalue weighted by Crippen LogP contribution is -2.49. The Labute approximate surface area is 158 Å². The maximum atomic E-state index is 12.3. The highest BCUT2D eigenvalue weighted by atomic mass is 16.5. The van der Waals surface area contributed by atoms with E-state index in [0.717, 1.165) is 69.9 Å². The summed E-state index contributed by atoms with van der Waals surface area (Å²) in [4.78, 5) is 32.4. The van der Waals surface area contributed by atoms with E-state index in [2.05, 4.69) is 35.7 Å². The molecule has 0 amide bonds. The van der Waals surface area contributed by atoms with Crippen molar-refractivity contribution in [3.05, 3.63) is 34.6 Å². The van der Waals surface area contributed by atoms with E-state index in [0.29, 0.717) is 5.82 Å². The molecular formula is C18H25N7O2. The number of nitrogens with zero attached hydrogens (tertiary/aromatic N) is 7. The number of hydrogen-bond donors (Lipinski definition) is 0. The third-order valence-corrected chi connectivity index (χ3v) is 5.05. The molecule has 2 fully saturated rings. The van der Waals surface area contributed by atoms with Crippen molar-refractivity contribution in [2.45, 2.75) is 6.92 Å². The van der Waals surface area contributed by atoms with Gasteiger partial charge in [0, 0.05) is 64.8 Å². The largest absolute Gasteiger partial charge is 0.378 e. The molecule has 2 aromatic heterocycles. The molecule has 0 N–H and O–H groups in total. The number of morpholine rings is 1. The van der Waals surface area contributed by atoms with Gasteiger partial charge in [-0.3, -0.25) is 4.79 Å². The Kier molecular flexibility index (Phi) is 4.93. The molecule has 0 spiro atoms. The van der Waals surface area contributed by atoms with E-state index in [1.807, 2.05) is 6.92 Å². The topological polar surface area (TPSA) is 79.6 Å². The second-order valence-electron chi connectivity index (χ2n) is 6.87. The molecule has 0 bridgehead atoms. The van der Waals surface area contributed by atoms with Crippen LogP contribution < -0.4 is 20.3 Å². The standard InChI is InChI=1S/C18H25N7O2/c1-14-20-15(13-16(21-14)24-9-11-27-12-10-24)23-5-7-25(8-6-23)17-18(26)22(2)4-3-19-17/h3-4,13H,5-12H2,1-2H3. The lowest BCUT2D eigenvalue weighted by molar-refractivity contribution is 0.122. The zero-order chi connectivity index (χ0) is 18.8. The van der Waals surface area contributed by atoms with E-state index in [-0.39, 0.29) is 5.56 Å². The minimum absolute atomic E-state index is 0.0570. The zero-order valence-electron chi connectivity index (χ0n) is 15.8. The van der Waals surface area contributed by atoms with Crippen molar-refractivity contribution >= 4 is 17.5 Å². The molecule has 0 radical (unpaired) electrons. The minimum atomic E-state index is -0.0570. The molecule has 2 saturated heterocycles. The molecule has 9 heteroatoms. The van der Waals surface area contributed by atoms with Crippen LogP contribution in [0.5, 0.6) is 0 Å². The van der Waals surface area contributed by atoms with Gasteiger partial charge in [-0.2, -0.15) is 0 Å². The molecule has 4 rings (SSSR count). The van der Waals surface area contributed by atoms with Crippen LogP contribution in [0.25, 0.3) is 0 Å². The molecule has 144 valence electrons. The molecule has 0 aliphatic carbocycles. The van der Waals surface area contributed by atoms with E-state index >= 15 is 0 Å². The van der Waals surface area contributed by atoms with E-state index in [1.165, 1.54) is 0 Å². The Balaban J connectivity index is 1.48. The highest BCUT2D eigenvalue weighted by Crippen LogP contribution is 2.22. The summed E-state index contributed by atoms with van der Waals surface area (Å²) in [6.45, 7) is 8.16. The average molecular weight is 371 g/mol. The Morgan fingerprint density at radius 1 is 0.926 bits per heavy atom. The molecule has 2 aliphatic rings. The Bertz CT molecular complexity index is 855. The second-order valence-corrected chi connectivity index (χ2v) is 6.87. The maximum absolute atomic E-state index is 12.3. The van der Waals surface area contributed by atoms with Gasteiger partial charge in [-0.1, -0.05) is 0 Å². The van der Waals surface area contributed by atoms with Gasteiger partial charge in [0.25, 0.3) is 5.56 Å². The summed E-state index contributed by atoms with van der Waals surface area (Å²) in [7, 11) is 1.75. The van der Waals surface area contributed by atoms with Gasteiger partial charge < -0.3 is 24.0 Å². The summed E-state index contributed by atoms with van der Waals surface area (Å²) < 4.78 is 7.00. The van der Waals surface area contributed by atoms with Crippen LogP contribution in [0.3, 0.4) is 0 Å². The minimum Gasteiger partial charge on any atom is -0.378 e. The van der Waals surface area contributed by atoms with Crippen LogP contribution in [-0.2, 0) is 11.8 Å². The molecule has 0 atom stereocenters. The van der Waals surface area contributed by atoms with Crippen LogP contribution in [-0.4, -0.2) is 72.0 Å². The Morgan fingerprint density at radius 2 is 1.52 bits per heavy atom. The number of piperazine rings is 1. The van der Waals surface area contributed by atoms with Gasteiger partial charge >= 0.3 is 0 Å². The van der Waals surface area contributed by atoms with Gasteiger partial charge in [-0.25, -0.2) is 15.0 Å². The number of rotatable bonds is 3. The average Bonchev–Trinajstić information content (AvgIpc) is 2.70. The van der Waals surface area contributed by atoms with Crippen LogP contribution in [0, 0.1) is 6.92 Å². The number of aryl methyl sites for hydroxylation is 2. The maximum Gasteiger partial charge on any atom is 0.293 e. The lowest BCUT2D eigenvalue weighted by Gasteiger charge is -2.36. The molecule has 0 unspecified atom stereocenters. The summed E-state index contributed by atoms with van der Waals surface area (Å²) in [6, 6.07) is 2.06. The van der Waals surface area contributed by atoms with Crippen molar-refractivity contribution in [2.24, 2.45) is 7.05 Å². The summed E-state index contributed by atoms with van der Waals surface area (Å²) in [5.41, 5.74) is -0.0570. The van der Waals surface area contributed by atoms with E-state index in [9.17, 15) is 4.79 Å². The fraction of sp³-hybridized carbons (Fsp3) is 0.556. The first-order valence-electron chi connectivity index (χ1n) is 9.32. The third-order valence-electron chi connectivity index (χ3n) is 5.05. The zero-order valence-corrected chi connectivity index (χ0v) is 15.8. The fourth-order valence-corrected chi connectivity index (χ4v) is 3.50. The smallest absolute Gasteiger partial charge is 0.293 e. The molecule has 2 aromatic rings. The molecule has 9 nitrogen and oxygen atoms in total. The van der Waals surface area contributed by atoms with E-state index < -0.39 is 0 Å². The summed E-state index contributed by atoms with van der Waals surface area (Å²) in [6.07, 6.45) is 3.35. The van der Waals surface area contributed by atoms with Gasteiger partial charge in [0.15, 0.2) is 5.82 Å². The summed E-state index contributed by atoms with van der Waals surface area (Å²) in [5.74, 6) is 3.20. The summed E-state index contributed by atoms with van der Waals surface area (Å²) in [5, 5.41) is 0. The second kappa shape index (κ2) is 7.51. The molecular weight excluding hydrogens is 346 g/mol.